The van der Waals surface area contributed by atoms with Crippen LogP contribution in [0.5, 0.6) is 0 Å². The highest BCUT2D eigenvalue weighted by Gasteiger charge is 2.33. The van der Waals surface area contributed by atoms with Crippen molar-refractivity contribution in [1.82, 2.24) is 0 Å². The van der Waals surface area contributed by atoms with Gasteiger partial charge in [-0.1, -0.05) is 59.7 Å². The van der Waals surface area contributed by atoms with Gasteiger partial charge in [-0.25, -0.2) is 4.99 Å². The third-order valence-electron chi connectivity index (χ3n) is 3.47. The predicted octanol–water partition coefficient (Wildman–Crippen LogP) is 3.66. The van der Waals surface area contributed by atoms with Crippen LogP contribution in [0.2, 0.25) is 0 Å². The lowest BCUT2D eigenvalue weighted by atomic mass is 9.83. The van der Waals surface area contributed by atoms with Crippen molar-refractivity contribution in [3.8, 4) is 0 Å². The van der Waals surface area contributed by atoms with Gasteiger partial charge in [0.2, 0.25) is 0 Å². The van der Waals surface area contributed by atoms with Crippen molar-refractivity contribution in [2.45, 2.75) is 19.4 Å². The Morgan fingerprint density at radius 1 is 0.842 bits per heavy atom. The highest BCUT2D eigenvalue weighted by Crippen LogP contribution is 2.34. The molecule has 2 aromatic carbocycles. The third-order valence-corrected chi connectivity index (χ3v) is 3.47. The molecule has 0 aliphatic carbocycles. The molecule has 0 saturated carbocycles. The van der Waals surface area contributed by atoms with Crippen molar-refractivity contribution in [2.24, 2.45) is 9.98 Å². The summed E-state index contributed by atoms with van der Waals surface area (Å²) in [5, 5.41) is 0. The number of aryl methyl sites for hydroxylation is 2. The first-order valence-electron chi connectivity index (χ1n) is 6.43. The van der Waals surface area contributed by atoms with Crippen LogP contribution in [0.4, 0.5) is 0 Å². The first-order valence-corrected chi connectivity index (χ1v) is 6.43. The van der Waals surface area contributed by atoms with Gasteiger partial charge in [0.15, 0.2) is 0 Å². The second-order valence-corrected chi connectivity index (χ2v) is 5.03. The zero-order chi connectivity index (χ0) is 13.3. The van der Waals surface area contributed by atoms with Gasteiger partial charge < -0.3 is 0 Å². The molecule has 3 rings (SSSR count). The average molecular weight is 248 g/mol. The van der Waals surface area contributed by atoms with Gasteiger partial charge in [0.1, 0.15) is 11.9 Å². The summed E-state index contributed by atoms with van der Waals surface area (Å²) < 4.78 is 0. The van der Waals surface area contributed by atoms with Gasteiger partial charge in [0, 0.05) is 6.21 Å². The molecule has 1 unspecified atom stereocenters. The van der Waals surface area contributed by atoms with E-state index in [2.05, 4.69) is 54.2 Å². The van der Waals surface area contributed by atoms with E-state index >= 15 is 0 Å². The Hall–Kier alpha value is -2.22. The van der Waals surface area contributed by atoms with Crippen molar-refractivity contribution < 1.29 is 0 Å². The molecule has 94 valence electrons. The van der Waals surface area contributed by atoms with Crippen LogP contribution in [0, 0.1) is 13.8 Å². The zero-order valence-corrected chi connectivity index (χ0v) is 11.2. The van der Waals surface area contributed by atoms with Crippen LogP contribution in [-0.2, 0) is 5.54 Å². The molecular formula is C17H16N2. The van der Waals surface area contributed by atoms with Crippen LogP contribution in [0.3, 0.4) is 0 Å². The lowest BCUT2D eigenvalue weighted by molar-refractivity contribution is 0.762. The van der Waals surface area contributed by atoms with E-state index in [-0.39, 0.29) is 0 Å². The molecule has 0 amide bonds. The molecule has 2 aromatic rings. The Morgan fingerprint density at radius 3 is 2.11 bits per heavy atom. The monoisotopic (exact) mass is 248 g/mol. The van der Waals surface area contributed by atoms with E-state index < -0.39 is 5.54 Å². The SMILES string of the molecule is Cc1cc(C)cc(C2(c3ccccc3)C=NC=N2)c1. The van der Waals surface area contributed by atoms with E-state index in [9.17, 15) is 0 Å². The molecule has 0 aromatic heterocycles. The molecule has 0 N–H and O–H groups in total. The normalized spacial score (nSPS) is 20.9. The van der Waals surface area contributed by atoms with Gasteiger partial charge in [-0.3, -0.25) is 4.99 Å². The highest BCUT2D eigenvalue weighted by molar-refractivity contribution is 5.90. The van der Waals surface area contributed by atoms with Gasteiger partial charge in [-0.2, -0.15) is 0 Å². The summed E-state index contributed by atoms with van der Waals surface area (Å²) >= 11 is 0. The molecule has 1 aliphatic heterocycles. The zero-order valence-electron chi connectivity index (χ0n) is 11.2. The number of aliphatic imine (C=N–C) groups is 2. The number of rotatable bonds is 2. The Morgan fingerprint density at radius 2 is 1.53 bits per heavy atom. The fourth-order valence-electron chi connectivity index (χ4n) is 2.65. The van der Waals surface area contributed by atoms with Crippen LogP contribution in [0.15, 0.2) is 58.5 Å². The minimum atomic E-state index is -0.460. The molecule has 2 nitrogen and oxygen atoms in total. The summed E-state index contributed by atoms with van der Waals surface area (Å²) in [5.74, 6) is 0. The topological polar surface area (TPSA) is 24.7 Å². The molecule has 0 spiro atoms. The van der Waals surface area contributed by atoms with E-state index in [1.165, 1.54) is 16.7 Å². The van der Waals surface area contributed by atoms with Gasteiger partial charge in [-0.05, 0) is 25.0 Å². The van der Waals surface area contributed by atoms with E-state index in [0.717, 1.165) is 5.56 Å². The molecular weight excluding hydrogens is 232 g/mol. The van der Waals surface area contributed by atoms with E-state index in [0.29, 0.717) is 0 Å². The van der Waals surface area contributed by atoms with Crippen LogP contribution >= 0.6 is 0 Å². The fourth-order valence-corrected chi connectivity index (χ4v) is 2.65. The van der Waals surface area contributed by atoms with Crippen LogP contribution in [-0.4, -0.2) is 12.6 Å². The van der Waals surface area contributed by atoms with Gasteiger partial charge in [0.25, 0.3) is 0 Å². The molecule has 0 radical (unpaired) electrons. The number of hydrogen-bond acceptors (Lipinski definition) is 2. The van der Waals surface area contributed by atoms with Crippen LogP contribution < -0.4 is 0 Å². The first-order chi connectivity index (χ1) is 9.21. The summed E-state index contributed by atoms with van der Waals surface area (Å²) in [5.41, 5.74) is 4.37. The number of hydrogen-bond donors (Lipinski definition) is 0. The van der Waals surface area contributed by atoms with Crippen molar-refractivity contribution in [2.75, 3.05) is 0 Å². The highest BCUT2D eigenvalue weighted by atomic mass is 15.0. The molecule has 1 aliphatic rings. The summed E-state index contributed by atoms with van der Waals surface area (Å²) in [6, 6.07) is 16.9. The maximum absolute atomic E-state index is 4.64. The molecule has 1 atom stereocenters. The number of benzene rings is 2. The molecule has 1 heterocycles. The van der Waals surface area contributed by atoms with Crippen molar-refractivity contribution in [3.63, 3.8) is 0 Å². The fraction of sp³-hybridized carbons (Fsp3) is 0.176. The molecule has 2 heteroatoms. The van der Waals surface area contributed by atoms with Crippen molar-refractivity contribution in [3.05, 3.63) is 70.8 Å². The Kier molecular flexibility index (Phi) is 2.79. The molecule has 0 bridgehead atoms. The summed E-state index contributed by atoms with van der Waals surface area (Å²) in [4.78, 5) is 8.88. The second-order valence-electron chi connectivity index (χ2n) is 5.03. The lowest BCUT2D eigenvalue weighted by Crippen LogP contribution is -2.25. The smallest absolute Gasteiger partial charge is 0.148 e. The lowest BCUT2D eigenvalue weighted by Gasteiger charge is -2.25. The van der Waals surface area contributed by atoms with Crippen LogP contribution in [0.1, 0.15) is 22.3 Å². The summed E-state index contributed by atoms with van der Waals surface area (Å²) in [6.45, 7) is 4.23. The largest absolute Gasteiger partial charge is 0.251 e. The van der Waals surface area contributed by atoms with E-state index in [1.54, 1.807) is 6.34 Å². The third kappa shape index (κ3) is 1.99. The van der Waals surface area contributed by atoms with Crippen molar-refractivity contribution in [1.29, 1.82) is 0 Å². The minimum absolute atomic E-state index is 0.460. The van der Waals surface area contributed by atoms with Crippen molar-refractivity contribution >= 4 is 12.6 Å². The second kappa shape index (κ2) is 4.47. The maximum atomic E-state index is 4.64. The molecule has 19 heavy (non-hydrogen) atoms. The predicted molar refractivity (Wildman–Crippen MR) is 80.1 cm³/mol. The number of nitrogens with zero attached hydrogens (tertiary/aromatic N) is 2. The molecule has 0 saturated heterocycles. The standard InChI is InChI=1S/C17H16N2/c1-13-8-14(2)10-16(9-13)17(11-18-12-19-17)15-6-4-3-5-7-15/h3-12H,1-2H3. The van der Waals surface area contributed by atoms with E-state index in [1.807, 2.05) is 24.4 Å². The summed E-state index contributed by atoms with van der Waals surface area (Å²) in [7, 11) is 0. The quantitative estimate of drug-likeness (QED) is 0.775. The van der Waals surface area contributed by atoms with Gasteiger partial charge in [-0.15, -0.1) is 0 Å². The Labute approximate surface area is 113 Å². The van der Waals surface area contributed by atoms with Crippen LogP contribution in [0.25, 0.3) is 0 Å². The average Bonchev–Trinajstić information content (AvgIpc) is 2.89. The van der Waals surface area contributed by atoms with Gasteiger partial charge in [0.05, 0.1) is 0 Å². The van der Waals surface area contributed by atoms with E-state index in [4.69, 9.17) is 0 Å². The summed E-state index contributed by atoms with van der Waals surface area (Å²) in [6.07, 6.45) is 3.57. The van der Waals surface area contributed by atoms with Gasteiger partial charge >= 0.3 is 0 Å². The first kappa shape index (κ1) is 11.8. The maximum Gasteiger partial charge on any atom is 0.148 e. The Bertz CT molecular complexity index is 622. The molecule has 0 fully saturated rings. The Balaban J connectivity index is 2.22. The minimum Gasteiger partial charge on any atom is -0.251 e.